The number of hydrogen-bond acceptors (Lipinski definition) is 5. The van der Waals surface area contributed by atoms with Crippen LogP contribution < -0.4 is 4.74 Å². The SMILES string of the molecule is CN(CCCc1nc(-c2ccccc2)no1)CCOc1ccc(Cl)cc1. The van der Waals surface area contributed by atoms with Gasteiger partial charge in [0.05, 0.1) is 0 Å². The van der Waals surface area contributed by atoms with Crippen LogP contribution in [-0.4, -0.2) is 41.8 Å². The zero-order valence-corrected chi connectivity index (χ0v) is 15.5. The lowest BCUT2D eigenvalue weighted by Crippen LogP contribution is -2.25. The van der Waals surface area contributed by atoms with Crippen LogP contribution in [0.5, 0.6) is 5.75 Å². The Bertz CT molecular complexity index is 790. The summed E-state index contributed by atoms with van der Waals surface area (Å²) >= 11 is 5.86. The number of halogens is 1. The van der Waals surface area contributed by atoms with Gasteiger partial charge in [0, 0.05) is 23.6 Å². The summed E-state index contributed by atoms with van der Waals surface area (Å²) in [7, 11) is 2.08. The fourth-order valence-corrected chi connectivity index (χ4v) is 2.65. The Balaban J connectivity index is 1.35. The molecule has 6 heteroatoms. The molecule has 0 fully saturated rings. The number of aryl methyl sites for hydroxylation is 1. The van der Waals surface area contributed by atoms with Gasteiger partial charge in [-0.15, -0.1) is 0 Å². The van der Waals surface area contributed by atoms with Crippen molar-refractivity contribution in [1.82, 2.24) is 15.0 Å². The van der Waals surface area contributed by atoms with E-state index in [2.05, 4.69) is 22.1 Å². The minimum atomic E-state index is 0.636. The van der Waals surface area contributed by atoms with E-state index >= 15 is 0 Å². The van der Waals surface area contributed by atoms with Gasteiger partial charge in [-0.05, 0) is 44.3 Å². The molecule has 1 aromatic heterocycles. The lowest BCUT2D eigenvalue weighted by Gasteiger charge is -2.16. The van der Waals surface area contributed by atoms with Crippen molar-refractivity contribution in [2.24, 2.45) is 0 Å². The van der Waals surface area contributed by atoms with Crippen molar-refractivity contribution in [3.8, 4) is 17.1 Å². The molecule has 0 bridgehead atoms. The molecule has 3 rings (SSSR count). The topological polar surface area (TPSA) is 51.4 Å². The van der Waals surface area contributed by atoms with Crippen LogP contribution in [-0.2, 0) is 6.42 Å². The Morgan fingerprint density at radius 1 is 1.04 bits per heavy atom. The summed E-state index contributed by atoms with van der Waals surface area (Å²) in [5.41, 5.74) is 0.971. The Hall–Kier alpha value is -2.37. The summed E-state index contributed by atoms with van der Waals surface area (Å²) in [5.74, 6) is 2.15. The molecule has 0 spiro atoms. The van der Waals surface area contributed by atoms with Gasteiger partial charge in [-0.2, -0.15) is 4.98 Å². The van der Waals surface area contributed by atoms with E-state index in [9.17, 15) is 0 Å². The first kappa shape index (κ1) is 18.4. The predicted molar refractivity (Wildman–Crippen MR) is 102 cm³/mol. The van der Waals surface area contributed by atoms with Gasteiger partial charge < -0.3 is 14.2 Å². The first-order valence-corrected chi connectivity index (χ1v) is 9.03. The van der Waals surface area contributed by atoms with Gasteiger partial charge in [-0.1, -0.05) is 47.1 Å². The second-order valence-electron chi connectivity index (χ2n) is 6.09. The highest BCUT2D eigenvalue weighted by Gasteiger charge is 2.08. The number of likely N-dealkylation sites (N-methyl/N-ethyl adjacent to an activating group) is 1. The molecule has 2 aromatic carbocycles. The van der Waals surface area contributed by atoms with Crippen molar-refractivity contribution in [3.63, 3.8) is 0 Å². The van der Waals surface area contributed by atoms with Crippen LogP contribution in [0, 0.1) is 0 Å². The summed E-state index contributed by atoms with van der Waals surface area (Å²) in [5, 5.41) is 4.76. The summed E-state index contributed by atoms with van der Waals surface area (Å²) in [6, 6.07) is 17.3. The van der Waals surface area contributed by atoms with Crippen molar-refractivity contribution < 1.29 is 9.26 Å². The van der Waals surface area contributed by atoms with Gasteiger partial charge in [0.15, 0.2) is 0 Å². The fraction of sp³-hybridized carbons (Fsp3) is 0.300. The van der Waals surface area contributed by atoms with Crippen molar-refractivity contribution in [2.75, 3.05) is 26.7 Å². The fourth-order valence-electron chi connectivity index (χ4n) is 2.52. The van der Waals surface area contributed by atoms with E-state index in [-0.39, 0.29) is 0 Å². The summed E-state index contributed by atoms with van der Waals surface area (Å²) in [6.45, 7) is 2.42. The van der Waals surface area contributed by atoms with Gasteiger partial charge >= 0.3 is 0 Å². The number of benzene rings is 2. The van der Waals surface area contributed by atoms with Gasteiger partial charge in [0.2, 0.25) is 11.7 Å². The van der Waals surface area contributed by atoms with E-state index in [4.69, 9.17) is 20.9 Å². The lowest BCUT2D eigenvalue weighted by molar-refractivity contribution is 0.234. The molecule has 3 aromatic rings. The van der Waals surface area contributed by atoms with E-state index in [1.807, 2.05) is 54.6 Å². The molecule has 0 atom stereocenters. The molecular weight excluding hydrogens is 350 g/mol. The molecule has 0 amide bonds. The standard InChI is InChI=1S/C20H22ClN3O2/c1-24(14-15-25-18-11-9-17(21)10-12-18)13-5-8-19-22-20(23-26-19)16-6-3-2-4-7-16/h2-4,6-7,9-12H,5,8,13-15H2,1H3. The zero-order chi connectivity index (χ0) is 18.2. The lowest BCUT2D eigenvalue weighted by atomic mass is 10.2. The van der Waals surface area contributed by atoms with E-state index in [0.29, 0.717) is 23.3 Å². The average Bonchev–Trinajstić information content (AvgIpc) is 3.13. The zero-order valence-electron chi connectivity index (χ0n) is 14.8. The number of rotatable bonds is 9. The number of hydrogen-bond donors (Lipinski definition) is 0. The Morgan fingerprint density at radius 2 is 1.81 bits per heavy atom. The molecule has 26 heavy (non-hydrogen) atoms. The second-order valence-corrected chi connectivity index (χ2v) is 6.52. The molecule has 0 aliphatic heterocycles. The van der Waals surface area contributed by atoms with Crippen LogP contribution in [0.2, 0.25) is 5.02 Å². The van der Waals surface area contributed by atoms with Crippen LogP contribution >= 0.6 is 11.6 Å². The van der Waals surface area contributed by atoms with Crippen molar-refractivity contribution >= 4 is 11.6 Å². The molecule has 1 heterocycles. The van der Waals surface area contributed by atoms with E-state index in [1.54, 1.807) is 0 Å². The molecule has 0 unspecified atom stereocenters. The first-order valence-electron chi connectivity index (χ1n) is 8.65. The van der Waals surface area contributed by atoms with E-state index < -0.39 is 0 Å². The van der Waals surface area contributed by atoms with Gasteiger partial charge in [-0.25, -0.2) is 0 Å². The van der Waals surface area contributed by atoms with Gasteiger partial charge in [0.25, 0.3) is 0 Å². The maximum Gasteiger partial charge on any atom is 0.227 e. The third-order valence-corrected chi connectivity index (χ3v) is 4.24. The molecule has 0 saturated heterocycles. The van der Waals surface area contributed by atoms with E-state index in [0.717, 1.165) is 37.2 Å². The molecule has 0 saturated carbocycles. The minimum absolute atomic E-state index is 0.636. The van der Waals surface area contributed by atoms with Crippen LogP contribution in [0.25, 0.3) is 11.4 Å². The maximum atomic E-state index is 5.86. The third-order valence-electron chi connectivity index (χ3n) is 3.99. The molecule has 5 nitrogen and oxygen atoms in total. The predicted octanol–water partition coefficient (Wildman–Crippen LogP) is 4.33. The Labute approximate surface area is 158 Å². The minimum Gasteiger partial charge on any atom is -0.492 e. The smallest absolute Gasteiger partial charge is 0.227 e. The summed E-state index contributed by atoms with van der Waals surface area (Å²) in [6.07, 6.45) is 1.72. The average molecular weight is 372 g/mol. The highest BCUT2D eigenvalue weighted by Crippen LogP contribution is 2.16. The Morgan fingerprint density at radius 3 is 2.58 bits per heavy atom. The monoisotopic (exact) mass is 371 g/mol. The first-order chi connectivity index (χ1) is 12.7. The Kier molecular flexibility index (Phi) is 6.63. The number of aromatic nitrogens is 2. The molecule has 0 N–H and O–H groups in total. The third kappa shape index (κ3) is 5.58. The normalized spacial score (nSPS) is 11.0. The number of ether oxygens (including phenoxy) is 1. The van der Waals surface area contributed by atoms with Crippen molar-refractivity contribution in [2.45, 2.75) is 12.8 Å². The quantitative estimate of drug-likeness (QED) is 0.560. The maximum absolute atomic E-state index is 5.86. The van der Waals surface area contributed by atoms with E-state index in [1.165, 1.54) is 0 Å². The molecule has 0 radical (unpaired) electrons. The second kappa shape index (κ2) is 9.36. The van der Waals surface area contributed by atoms with Crippen LogP contribution in [0.4, 0.5) is 0 Å². The van der Waals surface area contributed by atoms with Crippen LogP contribution in [0.15, 0.2) is 59.1 Å². The van der Waals surface area contributed by atoms with Crippen molar-refractivity contribution in [3.05, 3.63) is 65.5 Å². The molecule has 0 aliphatic carbocycles. The largest absolute Gasteiger partial charge is 0.492 e. The van der Waals surface area contributed by atoms with Crippen LogP contribution in [0.1, 0.15) is 12.3 Å². The molecule has 0 aliphatic rings. The highest BCUT2D eigenvalue weighted by molar-refractivity contribution is 6.30. The van der Waals surface area contributed by atoms with Crippen molar-refractivity contribution in [1.29, 1.82) is 0 Å². The summed E-state index contributed by atoms with van der Waals surface area (Å²) < 4.78 is 11.0. The molecule has 136 valence electrons. The van der Waals surface area contributed by atoms with Crippen LogP contribution in [0.3, 0.4) is 0 Å². The van der Waals surface area contributed by atoms with Gasteiger partial charge in [-0.3, -0.25) is 0 Å². The molecular formula is C20H22ClN3O2. The highest BCUT2D eigenvalue weighted by atomic mass is 35.5. The number of nitrogens with zero attached hydrogens (tertiary/aromatic N) is 3. The summed E-state index contributed by atoms with van der Waals surface area (Å²) in [4.78, 5) is 6.68. The van der Waals surface area contributed by atoms with Gasteiger partial charge in [0.1, 0.15) is 12.4 Å².